The third kappa shape index (κ3) is 5.92. The van der Waals surface area contributed by atoms with E-state index in [0.717, 1.165) is 5.56 Å². The standard InChI is InChI=1S/C24H25Cl2N3O8S/c1-12-5-16(25)21(17(26)6-12)36-3-4-37-22-27-9-19(38-22)15-7-13-10-28(23(31)32)11-18(29(13)24(33)34)14(15)8-20(30)35-2/h5-7,9,13-14,18H,3-4,8,10-11H2,1-2H3,(H,31,32)(H,33,34). The lowest BCUT2D eigenvalue weighted by Crippen LogP contribution is -2.65. The summed E-state index contributed by atoms with van der Waals surface area (Å²) < 4.78 is 16.2. The highest BCUT2D eigenvalue weighted by Crippen LogP contribution is 2.42. The third-order valence-electron chi connectivity index (χ3n) is 6.34. The Hall–Kier alpha value is -3.22. The average molecular weight is 586 g/mol. The van der Waals surface area contributed by atoms with Gasteiger partial charge in [0.2, 0.25) is 0 Å². The van der Waals surface area contributed by atoms with Gasteiger partial charge in [-0.15, -0.1) is 0 Å². The van der Waals surface area contributed by atoms with Crippen molar-refractivity contribution < 1.29 is 38.8 Å². The Morgan fingerprint density at radius 1 is 1.11 bits per heavy atom. The average Bonchev–Trinajstić information content (AvgIpc) is 3.32. The normalized spacial score (nSPS) is 20.5. The number of esters is 1. The van der Waals surface area contributed by atoms with Crippen LogP contribution >= 0.6 is 34.5 Å². The van der Waals surface area contributed by atoms with E-state index in [0.29, 0.717) is 31.4 Å². The molecule has 3 heterocycles. The molecule has 2 aromatic rings. The fraction of sp³-hybridized carbons (Fsp3) is 0.417. The number of piperazine rings is 1. The number of carboxylic acid groups (broad SMARTS) is 2. The van der Waals surface area contributed by atoms with Gasteiger partial charge >= 0.3 is 18.2 Å². The van der Waals surface area contributed by atoms with Gasteiger partial charge in [0.25, 0.3) is 5.19 Å². The summed E-state index contributed by atoms with van der Waals surface area (Å²) in [7, 11) is 1.24. The van der Waals surface area contributed by atoms with Gasteiger partial charge in [-0.1, -0.05) is 40.6 Å². The second-order valence-corrected chi connectivity index (χ2v) is 10.6. The fourth-order valence-corrected chi connectivity index (χ4v) is 6.29. The van der Waals surface area contributed by atoms with Crippen molar-refractivity contribution in [2.45, 2.75) is 25.4 Å². The van der Waals surface area contributed by atoms with Gasteiger partial charge < -0.3 is 29.3 Å². The van der Waals surface area contributed by atoms with Crippen molar-refractivity contribution in [1.82, 2.24) is 14.8 Å². The number of methoxy groups -OCH3 is 1. The lowest BCUT2D eigenvalue weighted by Gasteiger charge is -2.50. The van der Waals surface area contributed by atoms with Crippen molar-refractivity contribution in [2.75, 3.05) is 33.4 Å². The fourth-order valence-electron chi connectivity index (χ4n) is 4.71. The second-order valence-electron chi connectivity index (χ2n) is 8.77. The van der Waals surface area contributed by atoms with E-state index in [4.69, 9.17) is 37.4 Å². The van der Waals surface area contributed by atoms with Crippen LogP contribution in [0.15, 0.2) is 24.4 Å². The molecule has 4 rings (SSSR count). The van der Waals surface area contributed by atoms with Crippen LogP contribution in [0.25, 0.3) is 5.57 Å². The van der Waals surface area contributed by atoms with Gasteiger partial charge in [0, 0.05) is 25.2 Å². The van der Waals surface area contributed by atoms with Gasteiger partial charge in [-0.3, -0.25) is 9.69 Å². The molecule has 38 heavy (non-hydrogen) atoms. The van der Waals surface area contributed by atoms with E-state index < -0.39 is 36.2 Å². The maximum absolute atomic E-state index is 12.3. The molecule has 1 aromatic carbocycles. The van der Waals surface area contributed by atoms with Crippen LogP contribution in [-0.2, 0) is 9.53 Å². The largest absolute Gasteiger partial charge is 0.487 e. The molecular formula is C24H25Cl2N3O8S. The van der Waals surface area contributed by atoms with Crippen LogP contribution in [0.4, 0.5) is 9.59 Å². The zero-order valence-electron chi connectivity index (χ0n) is 20.4. The van der Waals surface area contributed by atoms with Gasteiger partial charge in [-0.2, -0.15) is 0 Å². The Kier molecular flexibility index (Phi) is 8.54. The van der Waals surface area contributed by atoms with Crippen LogP contribution in [0, 0.1) is 12.8 Å². The Bertz CT molecular complexity index is 1250. The summed E-state index contributed by atoms with van der Waals surface area (Å²) >= 11 is 13.6. The number of carbonyl (C=O) groups excluding carboxylic acids is 1. The molecule has 2 aliphatic rings. The Labute approximate surface area is 232 Å². The quantitative estimate of drug-likeness (QED) is 0.338. The van der Waals surface area contributed by atoms with E-state index in [2.05, 4.69) is 4.98 Å². The zero-order valence-corrected chi connectivity index (χ0v) is 22.8. The first-order chi connectivity index (χ1) is 18.1. The first-order valence-corrected chi connectivity index (χ1v) is 13.1. The smallest absolute Gasteiger partial charge is 0.408 e. The summed E-state index contributed by atoms with van der Waals surface area (Å²) in [5, 5.41) is 20.5. The molecule has 204 valence electrons. The monoisotopic (exact) mass is 585 g/mol. The second kappa shape index (κ2) is 11.7. The number of carbonyl (C=O) groups is 3. The van der Waals surface area contributed by atoms with Crippen LogP contribution in [0.3, 0.4) is 0 Å². The minimum Gasteiger partial charge on any atom is -0.487 e. The topological polar surface area (TPSA) is 139 Å². The SMILES string of the molecule is COC(=O)CC1C(c2cnc(OCCOc3c(Cl)cc(C)cc3Cl)s2)=CC2CN(C(=O)O)CC1N2C(=O)O. The molecule has 0 radical (unpaired) electrons. The number of hydrogen-bond donors (Lipinski definition) is 2. The number of nitrogens with zero attached hydrogens (tertiary/aromatic N) is 3. The molecule has 2 aliphatic heterocycles. The van der Waals surface area contributed by atoms with Gasteiger partial charge in [-0.05, 0) is 30.2 Å². The number of halogens is 2. The Morgan fingerprint density at radius 2 is 1.79 bits per heavy atom. The van der Waals surface area contributed by atoms with E-state index >= 15 is 0 Å². The van der Waals surface area contributed by atoms with Crippen molar-refractivity contribution in [3.63, 3.8) is 0 Å². The maximum Gasteiger partial charge on any atom is 0.408 e. The minimum atomic E-state index is -1.18. The third-order valence-corrected chi connectivity index (χ3v) is 7.86. The van der Waals surface area contributed by atoms with E-state index in [1.165, 1.54) is 28.2 Å². The molecule has 0 spiro atoms. The van der Waals surface area contributed by atoms with Crippen molar-refractivity contribution in [3.05, 3.63) is 44.9 Å². The summed E-state index contributed by atoms with van der Waals surface area (Å²) in [6, 6.07) is 2.01. The summed E-state index contributed by atoms with van der Waals surface area (Å²) in [5.41, 5.74) is 1.61. The van der Waals surface area contributed by atoms with Crippen molar-refractivity contribution in [1.29, 1.82) is 0 Å². The molecule has 2 amide bonds. The number of rotatable bonds is 8. The highest BCUT2D eigenvalue weighted by atomic mass is 35.5. The van der Waals surface area contributed by atoms with E-state index in [9.17, 15) is 24.6 Å². The first kappa shape index (κ1) is 27.8. The van der Waals surface area contributed by atoms with Gasteiger partial charge in [0.15, 0.2) is 5.75 Å². The minimum absolute atomic E-state index is 0.0177. The lowest BCUT2D eigenvalue weighted by molar-refractivity contribution is -0.142. The van der Waals surface area contributed by atoms with Crippen LogP contribution in [0.5, 0.6) is 10.9 Å². The molecule has 11 nitrogen and oxygen atoms in total. The van der Waals surface area contributed by atoms with Crippen LogP contribution in [0.2, 0.25) is 10.0 Å². The zero-order chi connectivity index (χ0) is 27.6. The summed E-state index contributed by atoms with van der Waals surface area (Å²) in [4.78, 5) is 43.4. The number of hydrogen-bond acceptors (Lipinski definition) is 8. The number of aromatic nitrogens is 1. The number of thiazole rings is 1. The molecule has 1 saturated heterocycles. The number of fused-ring (bicyclic) bond motifs is 2. The maximum atomic E-state index is 12.3. The van der Waals surface area contributed by atoms with Gasteiger partial charge in [0.05, 0.1) is 40.5 Å². The van der Waals surface area contributed by atoms with Crippen LogP contribution in [0.1, 0.15) is 16.9 Å². The summed E-state index contributed by atoms with van der Waals surface area (Å²) in [6.45, 7) is 2.10. The molecule has 1 aromatic heterocycles. The highest BCUT2D eigenvalue weighted by molar-refractivity contribution is 7.14. The number of ether oxygens (including phenoxy) is 3. The molecule has 3 unspecified atom stereocenters. The molecule has 3 atom stereocenters. The highest BCUT2D eigenvalue weighted by Gasteiger charge is 2.48. The molecule has 2 bridgehead atoms. The molecule has 14 heteroatoms. The Morgan fingerprint density at radius 3 is 2.42 bits per heavy atom. The lowest BCUT2D eigenvalue weighted by atomic mass is 9.79. The van der Waals surface area contributed by atoms with Crippen molar-refractivity contribution >= 4 is 58.3 Å². The number of aryl methyl sites for hydroxylation is 1. The summed E-state index contributed by atoms with van der Waals surface area (Å²) in [5.74, 6) is -0.812. The van der Waals surface area contributed by atoms with E-state index in [1.54, 1.807) is 24.4 Å². The number of benzene rings is 1. The molecule has 0 saturated carbocycles. The molecular weight excluding hydrogens is 561 g/mol. The van der Waals surface area contributed by atoms with E-state index in [-0.39, 0.29) is 32.7 Å². The molecule has 2 N–H and O–H groups in total. The van der Waals surface area contributed by atoms with Crippen LogP contribution in [-0.4, -0.2) is 88.6 Å². The van der Waals surface area contributed by atoms with Crippen molar-refractivity contribution in [2.24, 2.45) is 5.92 Å². The van der Waals surface area contributed by atoms with Gasteiger partial charge in [0.1, 0.15) is 13.2 Å². The summed E-state index contributed by atoms with van der Waals surface area (Å²) in [6.07, 6.45) is 0.817. The van der Waals surface area contributed by atoms with E-state index in [1.807, 2.05) is 6.92 Å². The molecule has 0 aliphatic carbocycles. The number of amides is 2. The predicted molar refractivity (Wildman–Crippen MR) is 139 cm³/mol. The predicted octanol–water partition coefficient (Wildman–Crippen LogP) is 4.50. The van der Waals surface area contributed by atoms with Crippen LogP contribution < -0.4 is 9.47 Å². The van der Waals surface area contributed by atoms with Crippen molar-refractivity contribution in [3.8, 4) is 10.9 Å². The van der Waals surface area contributed by atoms with Gasteiger partial charge in [-0.25, -0.2) is 14.6 Å². The molecule has 1 fully saturated rings. The first-order valence-electron chi connectivity index (χ1n) is 11.5. The Balaban J connectivity index is 1.51.